The summed E-state index contributed by atoms with van der Waals surface area (Å²) >= 11 is 1.65. The number of rotatable bonds is 6. The number of carbonyl (C=O) groups excluding carboxylic acids is 2. The van der Waals surface area contributed by atoms with Crippen LogP contribution in [-0.2, 0) is 9.59 Å². The monoisotopic (exact) mass is 409 g/mol. The number of carbonyl (C=O) groups is 2. The van der Waals surface area contributed by atoms with Crippen LogP contribution in [0.3, 0.4) is 0 Å². The van der Waals surface area contributed by atoms with Crippen LogP contribution in [0.1, 0.15) is 11.3 Å². The Morgan fingerprint density at radius 2 is 1.93 bits per heavy atom. The number of aryl methyl sites for hydroxylation is 1. The van der Waals surface area contributed by atoms with E-state index in [-0.39, 0.29) is 5.91 Å². The molecule has 0 saturated carbocycles. The topological polar surface area (TPSA) is 78.4 Å². The number of piperazine rings is 1. The van der Waals surface area contributed by atoms with Crippen molar-refractivity contribution in [2.45, 2.75) is 13.3 Å². The first kappa shape index (κ1) is 19.3. The number of hydrogen-bond donors (Lipinski definition) is 1. The predicted molar refractivity (Wildman–Crippen MR) is 115 cm³/mol. The van der Waals surface area contributed by atoms with Gasteiger partial charge in [-0.05, 0) is 12.5 Å². The van der Waals surface area contributed by atoms with Crippen LogP contribution >= 0.6 is 11.3 Å². The standard InChI is InChI=1S/C21H23N5O2S/c1-15-18(16-5-3-2-4-6-16)19-20(23-13-24-21(19)29-15)22-8-7-17(28)26-11-9-25(14-27)10-12-26/h2-6,13-14H,7-12H2,1H3,(H,22,23,24). The number of amides is 2. The Morgan fingerprint density at radius 1 is 1.17 bits per heavy atom. The van der Waals surface area contributed by atoms with Crippen molar-refractivity contribution < 1.29 is 9.59 Å². The summed E-state index contributed by atoms with van der Waals surface area (Å²) in [7, 11) is 0. The van der Waals surface area contributed by atoms with E-state index in [1.807, 2.05) is 23.1 Å². The lowest BCUT2D eigenvalue weighted by Gasteiger charge is -2.32. The van der Waals surface area contributed by atoms with Crippen LogP contribution in [0.5, 0.6) is 0 Å². The fourth-order valence-corrected chi connectivity index (χ4v) is 4.67. The van der Waals surface area contributed by atoms with E-state index in [0.29, 0.717) is 39.1 Å². The number of hydrogen-bond acceptors (Lipinski definition) is 6. The third kappa shape index (κ3) is 4.07. The maximum atomic E-state index is 12.5. The van der Waals surface area contributed by atoms with Crippen LogP contribution in [0.4, 0.5) is 5.82 Å². The summed E-state index contributed by atoms with van der Waals surface area (Å²) in [6, 6.07) is 10.2. The highest BCUT2D eigenvalue weighted by Gasteiger charge is 2.20. The Kier molecular flexibility index (Phi) is 5.71. The minimum absolute atomic E-state index is 0.0955. The maximum Gasteiger partial charge on any atom is 0.224 e. The first-order valence-electron chi connectivity index (χ1n) is 9.68. The van der Waals surface area contributed by atoms with Gasteiger partial charge in [-0.2, -0.15) is 0 Å². The number of nitrogens with one attached hydrogen (secondary N) is 1. The van der Waals surface area contributed by atoms with Gasteiger partial charge in [0.1, 0.15) is 17.0 Å². The molecule has 7 nitrogen and oxygen atoms in total. The van der Waals surface area contributed by atoms with Gasteiger partial charge < -0.3 is 15.1 Å². The highest BCUT2D eigenvalue weighted by molar-refractivity contribution is 7.19. The lowest BCUT2D eigenvalue weighted by molar-refractivity contribution is -0.134. The third-order valence-electron chi connectivity index (χ3n) is 5.17. The van der Waals surface area contributed by atoms with Crippen LogP contribution in [0, 0.1) is 6.92 Å². The molecule has 0 unspecified atom stereocenters. The fourth-order valence-electron chi connectivity index (χ4n) is 3.65. The molecular formula is C21H23N5O2S. The van der Waals surface area contributed by atoms with Gasteiger partial charge in [-0.3, -0.25) is 9.59 Å². The second-order valence-corrected chi connectivity index (χ2v) is 8.20. The van der Waals surface area contributed by atoms with Gasteiger partial charge in [-0.25, -0.2) is 9.97 Å². The normalized spacial score (nSPS) is 14.2. The number of anilines is 1. The molecule has 1 N–H and O–H groups in total. The van der Waals surface area contributed by atoms with Gasteiger partial charge >= 0.3 is 0 Å². The second-order valence-electron chi connectivity index (χ2n) is 7.00. The molecule has 0 aliphatic carbocycles. The summed E-state index contributed by atoms with van der Waals surface area (Å²) < 4.78 is 0. The molecule has 0 atom stereocenters. The van der Waals surface area contributed by atoms with E-state index in [2.05, 4.69) is 34.3 Å². The predicted octanol–water partition coefficient (Wildman–Crippen LogP) is 2.77. The number of aromatic nitrogens is 2. The minimum atomic E-state index is 0.0955. The second kappa shape index (κ2) is 8.57. The molecule has 1 aliphatic heterocycles. The molecule has 1 aliphatic rings. The van der Waals surface area contributed by atoms with Crippen molar-refractivity contribution in [3.05, 3.63) is 41.5 Å². The molecule has 2 amide bonds. The van der Waals surface area contributed by atoms with Gasteiger partial charge in [-0.15, -0.1) is 11.3 Å². The van der Waals surface area contributed by atoms with Gasteiger partial charge in [-0.1, -0.05) is 30.3 Å². The largest absolute Gasteiger partial charge is 0.369 e. The highest BCUT2D eigenvalue weighted by atomic mass is 32.1. The Morgan fingerprint density at radius 3 is 2.66 bits per heavy atom. The van der Waals surface area contributed by atoms with Gasteiger partial charge in [0.05, 0.1) is 5.39 Å². The van der Waals surface area contributed by atoms with Crippen molar-refractivity contribution >= 4 is 39.7 Å². The molecule has 8 heteroatoms. The average Bonchev–Trinajstić information content (AvgIpc) is 3.11. The summed E-state index contributed by atoms with van der Waals surface area (Å²) in [5.74, 6) is 0.856. The molecule has 0 radical (unpaired) electrons. The van der Waals surface area contributed by atoms with E-state index in [0.717, 1.165) is 33.6 Å². The molecular weight excluding hydrogens is 386 g/mol. The smallest absolute Gasteiger partial charge is 0.224 e. The van der Waals surface area contributed by atoms with Gasteiger partial charge in [0.25, 0.3) is 0 Å². The number of nitrogens with zero attached hydrogens (tertiary/aromatic N) is 4. The third-order valence-corrected chi connectivity index (χ3v) is 6.19. The van der Waals surface area contributed by atoms with Crippen molar-refractivity contribution in [3.8, 4) is 11.1 Å². The molecule has 150 valence electrons. The van der Waals surface area contributed by atoms with Gasteiger partial charge in [0, 0.05) is 49.6 Å². The Balaban J connectivity index is 1.47. The zero-order valence-electron chi connectivity index (χ0n) is 16.3. The van der Waals surface area contributed by atoms with Crippen molar-refractivity contribution in [1.29, 1.82) is 0 Å². The first-order valence-corrected chi connectivity index (χ1v) is 10.5. The number of fused-ring (bicyclic) bond motifs is 1. The molecule has 4 rings (SSSR count). The summed E-state index contributed by atoms with van der Waals surface area (Å²) in [5.41, 5.74) is 2.28. The van der Waals surface area contributed by atoms with Crippen LogP contribution < -0.4 is 5.32 Å². The Labute approximate surface area is 173 Å². The van der Waals surface area contributed by atoms with Crippen LogP contribution in [-0.4, -0.2) is 64.8 Å². The van der Waals surface area contributed by atoms with E-state index in [4.69, 9.17) is 0 Å². The van der Waals surface area contributed by atoms with E-state index >= 15 is 0 Å². The highest BCUT2D eigenvalue weighted by Crippen LogP contribution is 2.40. The first-order chi connectivity index (χ1) is 14.2. The molecule has 1 fully saturated rings. The van der Waals surface area contributed by atoms with Crippen molar-refractivity contribution in [2.75, 3.05) is 38.0 Å². The number of thiophene rings is 1. The molecule has 1 saturated heterocycles. The zero-order valence-corrected chi connectivity index (χ0v) is 17.1. The van der Waals surface area contributed by atoms with Crippen molar-refractivity contribution in [3.63, 3.8) is 0 Å². The summed E-state index contributed by atoms with van der Waals surface area (Å²) in [6.45, 7) is 4.99. The maximum absolute atomic E-state index is 12.5. The van der Waals surface area contributed by atoms with E-state index in [1.54, 1.807) is 22.6 Å². The van der Waals surface area contributed by atoms with Crippen LogP contribution in [0.15, 0.2) is 36.7 Å². The number of benzene rings is 1. The lowest BCUT2D eigenvalue weighted by Crippen LogP contribution is -2.48. The molecule has 0 bridgehead atoms. The van der Waals surface area contributed by atoms with Crippen molar-refractivity contribution in [1.82, 2.24) is 19.8 Å². The Bertz CT molecular complexity index is 1010. The Hall–Kier alpha value is -3.00. The van der Waals surface area contributed by atoms with E-state index in [1.165, 1.54) is 4.88 Å². The summed E-state index contributed by atoms with van der Waals surface area (Å²) in [6.07, 6.45) is 2.79. The lowest BCUT2D eigenvalue weighted by atomic mass is 10.0. The summed E-state index contributed by atoms with van der Waals surface area (Å²) in [4.78, 5) is 37.8. The quantitative estimate of drug-likeness (QED) is 0.634. The van der Waals surface area contributed by atoms with E-state index in [9.17, 15) is 9.59 Å². The zero-order chi connectivity index (χ0) is 20.2. The van der Waals surface area contributed by atoms with E-state index < -0.39 is 0 Å². The van der Waals surface area contributed by atoms with Crippen LogP contribution in [0.2, 0.25) is 0 Å². The molecule has 2 aromatic heterocycles. The van der Waals surface area contributed by atoms with Gasteiger partial charge in [0.15, 0.2) is 0 Å². The SMILES string of the molecule is Cc1sc2ncnc(NCCC(=O)N3CCN(C=O)CC3)c2c1-c1ccccc1. The van der Waals surface area contributed by atoms with Gasteiger partial charge in [0.2, 0.25) is 12.3 Å². The minimum Gasteiger partial charge on any atom is -0.369 e. The molecule has 0 spiro atoms. The molecule has 29 heavy (non-hydrogen) atoms. The fraction of sp³-hybridized carbons (Fsp3) is 0.333. The van der Waals surface area contributed by atoms with Crippen molar-refractivity contribution in [2.24, 2.45) is 0 Å². The van der Waals surface area contributed by atoms with Crippen LogP contribution in [0.25, 0.3) is 21.3 Å². The average molecular weight is 410 g/mol. The molecule has 3 aromatic rings. The molecule has 3 heterocycles. The molecule has 1 aromatic carbocycles. The summed E-state index contributed by atoms with van der Waals surface area (Å²) in [5, 5.41) is 4.35.